The van der Waals surface area contributed by atoms with Crippen molar-refractivity contribution in [3.8, 4) is 11.5 Å². The molecular weight excluding hydrogens is 400 g/mol. The SMILES string of the molecule is COc1ccc([C@H]2O[C@@H](C(=O)O)[C@@H](c3ccccc3)N2C(=O)NC(C)(C)C)c(OC)c1. The number of aliphatic carboxylic acids is 1. The van der Waals surface area contributed by atoms with Crippen molar-refractivity contribution in [1.29, 1.82) is 0 Å². The molecule has 0 aromatic heterocycles. The van der Waals surface area contributed by atoms with E-state index >= 15 is 0 Å². The van der Waals surface area contributed by atoms with E-state index in [1.54, 1.807) is 42.5 Å². The average molecular weight is 428 g/mol. The molecular formula is C23H28N2O6. The number of carbonyl (C=O) groups is 2. The van der Waals surface area contributed by atoms with E-state index in [4.69, 9.17) is 14.2 Å². The Hall–Kier alpha value is -3.26. The Bertz CT molecular complexity index is 941. The molecule has 2 N–H and O–H groups in total. The molecule has 0 unspecified atom stereocenters. The number of benzene rings is 2. The van der Waals surface area contributed by atoms with Gasteiger partial charge in [0.15, 0.2) is 12.3 Å². The zero-order chi connectivity index (χ0) is 22.8. The van der Waals surface area contributed by atoms with Crippen LogP contribution in [0, 0.1) is 0 Å². The largest absolute Gasteiger partial charge is 0.497 e. The minimum absolute atomic E-state index is 0.427. The second-order valence-electron chi connectivity index (χ2n) is 8.30. The average Bonchev–Trinajstić information content (AvgIpc) is 3.13. The third-order valence-electron chi connectivity index (χ3n) is 4.92. The van der Waals surface area contributed by atoms with Crippen molar-refractivity contribution in [3.63, 3.8) is 0 Å². The van der Waals surface area contributed by atoms with Crippen LogP contribution in [-0.2, 0) is 9.53 Å². The van der Waals surface area contributed by atoms with Gasteiger partial charge in [-0.3, -0.25) is 4.90 Å². The van der Waals surface area contributed by atoms with Gasteiger partial charge in [0, 0.05) is 17.2 Å². The van der Waals surface area contributed by atoms with Gasteiger partial charge in [0.25, 0.3) is 0 Å². The molecule has 3 rings (SSSR count). The van der Waals surface area contributed by atoms with E-state index in [9.17, 15) is 14.7 Å². The summed E-state index contributed by atoms with van der Waals surface area (Å²) in [5.41, 5.74) is 0.653. The van der Waals surface area contributed by atoms with Crippen molar-refractivity contribution in [2.45, 2.75) is 44.7 Å². The van der Waals surface area contributed by atoms with Gasteiger partial charge >= 0.3 is 12.0 Å². The number of amides is 2. The van der Waals surface area contributed by atoms with Crippen molar-refractivity contribution in [3.05, 3.63) is 59.7 Å². The number of carbonyl (C=O) groups excluding carboxylic acids is 1. The maximum atomic E-state index is 13.4. The summed E-state index contributed by atoms with van der Waals surface area (Å²) in [7, 11) is 3.03. The van der Waals surface area contributed by atoms with Crippen LogP contribution in [0.15, 0.2) is 48.5 Å². The van der Waals surface area contributed by atoms with Gasteiger partial charge in [0.05, 0.1) is 20.3 Å². The number of rotatable bonds is 5. The molecule has 8 heteroatoms. The Morgan fingerprint density at radius 1 is 1.06 bits per heavy atom. The Morgan fingerprint density at radius 3 is 2.29 bits per heavy atom. The lowest BCUT2D eigenvalue weighted by molar-refractivity contribution is -0.150. The van der Waals surface area contributed by atoms with Gasteiger partial charge < -0.3 is 24.6 Å². The second-order valence-corrected chi connectivity index (χ2v) is 8.30. The Kier molecular flexibility index (Phi) is 6.40. The molecule has 0 bridgehead atoms. The van der Waals surface area contributed by atoms with Crippen LogP contribution in [0.5, 0.6) is 11.5 Å². The molecule has 8 nitrogen and oxygen atoms in total. The minimum atomic E-state index is -1.26. The zero-order valence-electron chi connectivity index (χ0n) is 18.3. The summed E-state index contributed by atoms with van der Waals surface area (Å²) >= 11 is 0. The highest BCUT2D eigenvalue weighted by Gasteiger charge is 2.50. The molecule has 2 aromatic rings. The van der Waals surface area contributed by atoms with E-state index in [1.165, 1.54) is 19.1 Å². The maximum Gasteiger partial charge on any atom is 0.335 e. The molecule has 1 saturated heterocycles. The quantitative estimate of drug-likeness (QED) is 0.753. The van der Waals surface area contributed by atoms with Crippen LogP contribution in [0.3, 0.4) is 0 Å². The smallest absolute Gasteiger partial charge is 0.335 e. The third kappa shape index (κ3) is 4.74. The van der Waals surface area contributed by atoms with Crippen molar-refractivity contribution < 1.29 is 28.9 Å². The molecule has 2 aromatic carbocycles. The minimum Gasteiger partial charge on any atom is -0.497 e. The van der Waals surface area contributed by atoms with Gasteiger partial charge in [-0.05, 0) is 38.5 Å². The van der Waals surface area contributed by atoms with Crippen molar-refractivity contribution in [2.75, 3.05) is 14.2 Å². The molecule has 1 aliphatic rings. The molecule has 2 amide bonds. The summed E-state index contributed by atoms with van der Waals surface area (Å²) in [4.78, 5) is 27.0. The number of nitrogens with one attached hydrogen (secondary N) is 1. The topological polar surface area (TPSA) is 97.3 Å². The molecule has 0 saturated carbocycles. The van der Waals surface area contributed by atoms with Crippen LogP contribution in [0.4, 0.5) is 4.79 Å². The van der Waals surface area contributed by atoms with Crippen molar-refractivity contribution >= 4 is 12.0 Å². The van der Waals surface area contributed by atoms with Crippen LogP contribution >= 0.6 is 0 Å². The number of hydrogen-bond acceptors (Lipinski definition) is 5. The summed E-state index contributed by atoms with van der Waals surface area (Å²) in [6.45, 7) is 5.57. The standard InChI is InChI=1S/C23H28N2O6/c1-23(2,3)24-22(28)25-18(14-9-7-6-8-10-14)19(21(26)27)31-20(25)16-12-11-15(29-4)13-17(16)30-5/h6-13,18-20H,1-5H3,(H,24,28)(H,26,27)/t18-,19-,20-/m1/s1. The molecule has 166 valence electrons. The van der Waals surface area contributed by atoms with Crippen LogP contribution < -0.4 is 14.8 Å². The normalized spacial score (nSPS) is 20.9. The van der Waals surface area contributed by atoms with E-state index < -0.39 is 35.9 Å². The van der Waals surface area contributed by atoms with Gasteiger partial charge in [0.1, 0.15) is 11.5 Å². The Labute approximate surface area is 181 Å². The highest BCUT2D eigenvalue weighted by Crippen LogP contribution is 2.46. The van der Waals surface area contributed by atoms with Crippen molar-refractivity contribution in [1.82, 2.24) is 10.2 Å². The summed E-state index contributed by atoms with van der Waals surface area (Å²) in [6, 6.07) is 12.8. The first kappa shape index (κ1) is 22.4. The fraction of sp³-hybridized carbons (Fsp3) is 0.391. The highest BCUT2D eigenvalue weighted by atomic mass is 16.6. The lowest BCUT2D eigenvalue weighted by atomic mass is 10.00. The predicted octanol–water partition coefficient (Wildman–Crippen LogP) is 3.74. The van der Waals surface area contributed by atoms with Gasteiger partial charge in [-0.1, -0.05) is 30.3 Å². The number of carboxylic acids is 1. The zero-order valence-corrected chi connectivity index (χ0v) is 18.3. The number of ether oxygens (including phenoxy) is 3. The molecule has 1 heterocycles. The highest BCUT2D eigenvalue weighted by molar-refractivity contribution is 5.80. The summed E-state index contributed by atoms with van der Waals surface area (Å²) in [5.74, 6) is -0.160. The number of hydrogen-bond donors (Lipinski definition) is 2. The number of methoxy groups -OCH3 is 2. The first-order valence-corrected chi connectivity index (χ1v) is 9.92. The second kappa shape index (κ2) is 8.85. The fourth-order valence-electron chi connectivity index (χ4n) is 3.61. The summed E-state index contributed by atoms with van der Waals surface area (Å²) < 4.78 is 16.7. The Morgan fingerprint density at radius 2 is 1.74 bits per heavy atom. The lowest BCUT2D eigenvalue weighted by Crippen LogP contribution is -2.49. The fourth-order valence-corrected chi connectivity index (χ4v) is 3.61. The van der Waals surface area contributed by atoms with E-state index in [2.05, 4.69) is 5.32 Å². The van der Waals surface area contributed by atoms with Crippen LogP contribution in [0.2, 0.25) is 0 Å². The van der Waals surface area contributed by atoms with Gasteiger partial charge in [-0.15, -0.1) is 0 Å². The van der Waals surface area contributed by atoms with Gasteiger partial charge in [-0.2, -0.15) is 0 Å². The van der Waals surface area contributed by atoms with Gasteiger partial charge in [-0.25, -0.2) is 9.59 Å². The molecule has 3 atom stereocenters. The molecule has 1 aliphatic heterocycles. The van der Waals surface area contributed by atoms with Crippen LogP contribution in [0.25, 0.3) is 0 Å². The monoisotopic (exact) mass is 428 g/mol. The summed E-state index contributed by atoms with van der Waals surface area (Å²) in [6.07, 6.45) is -2.24. The van der Waals surface area contributed by atoms with Crippen LogP contribution in [-0.4, -0.2) is 47.9 Å². The van der Waals surface area contributed by atoms with E-state index in [-0.39, 0.29) is 0 Å². The van der Waals surface area contributed by atoms with Crippen LogP contribution in [0.1, 0.15) is 44.2 Å². The predicted molar refractivity (Wildman–Crippen MR) is 114 cm³/mol. The lowest BCUT2D eigenvalue weighted by Gasteiger charge is -2.33. The van der Waals surface area contributed by atoms with Crippen molar-refractivity contribution in [2.24, 2.45) is 0 Å². The van der Waals surface area contributed by atoms with E-state index in [0.717, 1.165) is 0 Å². The maximum absolute atomic E-state index is 13.4. The molecule has 0 aliphatic carbocycles. The molecule has 1 fully saturated rings. The summed E-state index contributed by atoms with van der Waals surface area (Å²) in [5, 5.41) is 12.8. The van der Waals surface area contributed by atoms with E-state index in [1.807, 2.05) is 26.8 Å². The molecule has 0 radical (unpaired) electrons. The van der Waals surface area contributed by atoms with E-state index in [0.29, 0.717) is 22.6 Å². The number of urea groups is 1. The molecule has 0 spiro atoms. The number of nitrogens with zero attached hydrogens (tertiary/aromatic N) is 1. The Balaban J connectivity index is 2.15. The first-order chi connectivity index (χ1) is 14.7. The first-order valence-electron chi connectivity index (χ1n) is 9.92. The third-order valence-corrected chi connectivity index (χ3v) is 4.92. The number of carboxylic acid groups (broad SMARTS) is 1. The molecule has 31 heavy (non-hydrogen) atoms. The van der Waals surface area contributed by atoms with Gasteiger partial charge in [0.2, 0.25) is 0 Å².